The van der Waals surface area contributed by atoms with Gasteiger partial charge in [-0.1, -0.05) is 12.1 Å². The van der Waals surface area contributed by atoms with Gasteiger partial charge in [0.2, 0.25) is 0 Å². The maximum atomic E-state index is 12.5. The van der Waals surface area contributed by atoms with Crippen molar-refractivity contribution in [3.8, 4) is 5.75 Å². The molecule has 8 heteroatoms. The van der Waals surface area contributed by atoms with Crippen LogP contribution in [0.2, 0.25) is 0 Å². The van der Waals surface area contributed by atoms with Gasteiger partial charge >= 0.3 is 12.1 Å². The number of anilines is 1. The molecule has 1 amide bonds. The first kappa shape index (κ1) is 20.3. The fraction of sp³-hybridized carbons (Fsp3) is 0.263. The minimum Gasteiger partial charge on any atom is -0.482 e. The van der Waals surface area contributed by atoms with Gasteiger partial charge in [-0.2, -0.15) is 13.2 Å². The first-order chi connectivity index (χ1) is 12.6. The van der Waals surface area contributed by atoms with Crippen LogP contribution in [-0.2, 0) is 20.5 Å². The monoisotopic (exact) mass is 381 g/mol. The van der Waals surface area contributed by atoms with Crippen molar-refractivity contribution >= 4 is 17.6 Å². The van der Waals surface area contributed by atoms with Gasteiger partial charge in [-0.3, -0.25) is 4.79 Å². The molecule has 0 unspecified atom stereocenters. The molecule has 0 radical (unpaired) electrons. The van der Waals surface area contributed by atoms with Gasteiger partial charge in [0.05, 0.1) is 5.56 Å². The number of carbonyl (C=O) groups is 2. The summed E-state index contributed by atoms with van der Waals surface area (Å²) in [6.45, 7) is 2.85. The largest absolute Gasteiger partial charge is 0.482 e. The highest BCUT2D eigenvalue weighted by Gasteiger charge is 2.30. The van der Waals surface area contributed by atoms with Gasteiger partial charge < -0.3 is 14.8 Å². The Bertz CT molecular complexity index is 803. The molecule has 0 spiro atoms. The lowest BCUT2D eigenvalue weighted by molar-refractivity contribution is -0.155. The number of ether oxygens (including phenoxy) is 2. The summed E-state index contributed by atoms with van der Waals surface area (Å²) in [7, 11) is 0. The van der Waals surface area contributed by atoms with Crippen LogP contribution in [0.1, 0.15) is 18.1 Å². The molecule has 0 heterocycles. The number of nitrogens with one attached hydrogen (secondary N) is 1. The van der Waals surface area contributed by atoms with E-state index in [2.05, 4.69) is 5.32 Å². The first-order valence-corrected chi connectivity index (χ1v) is 8.02. The lowest BCUT2D eigenvalue weighted by Crippen LogP contribution is -2.31. The molecule has 144 valence electrons. The standard InChI is InChI=1S/C19H18F3NO4/c1-12-4-3-5-16(10-12)26-11-17(24)27-13(2)18(25)23-15-8-6-14(7-9-15)19(20,21)22/h3-10,13H,11H2,1-2H3,(H,23,25)/t13-/m1/s1. The smallest absolute Gasteiger partial charge is 0.416 e. The van der Waals surface area contributed by atoms with Crippen molar-refractivity contribution in [2.24, 2.45) is 0 Å². The molecule has 0 aromatic heterocycles. The SMILES string of the molecule is Cc1cccc(OCC(=O)O[C@H](C)C(=O)Nc2ccc(C(F)(F)F)cc2)c1. The van der Waals surface area contributed by atoms with E-state index in [-0.39, 0.29) is 12.3 Å². The second kappa shape index (κ2) is 8.57. The van der Waals surface area contributed by atoms with Crippen molar-refractivity contribution < 1.29 is 32.2 Å². The van der Waals surface area contributed by atoms with Crippen LogP contribution in [0.5, 0.6) is 5.75 Å². The minimum atomic E-state index is -4.46. The Morgan fingerprint density at radius 3 is 2.37 bits per heavy atom. The molecule has 5 nitrogen and oxygen atoms in total. The summed E-state index contributed by atoms with van der Waals surface area (Å²) in [4.78, 5) is 23.8. The van der Waals surface area contributed by atoms with E-state index in [0.29, 0.717) is 5.75 Å². The summed E-state index contributed by atoms with van der Waals surface area (Å²) in [5, 5.41) is 2.38. The van der Waals surface area contributed by atoms with Crippen LogP contribution < -0.4 is 10.1 Å². The van der Waals surface area contributed by atoms with Gasteiger partial charge in [-0.15, -0.1) is 0 Å². The zero-order valence-electron chi connectivity index (χ0n) is 14.7. The van der Waals surface area contributed by atoms with Crippen LogP contribution in [0, 0.1) is 6.92 Å². The zero-order valence-corrected chi connectivity index (χ0v) is 14.7. The van der Waals surface area contributed by atoms with Gasteiger partial charge in [-0.25, -0.2) is 4.79 Å². The van der Waals surface area contributed by atoms with Crippen molar-refractivity contribution in [1.29, 1.82) is 0 Å². The average Bonchev–Trinajstić information content (AvgIpc) is 2.59. The van der Waals surface area contributed by atoms with E-state index < -0.39 is 29.7 Å². The molecule has 0 saturated heterocycles. The number of hydrogen-bond acceptors (Lipinski definition) is 4. The predicted molar refractivity (Wildman–Crippen MR) is 92.3 cm³/mol. The summed E-state index contributed by atoms with van der Waals surface area (Å²) < 4.78 is 47.8. The molecule has 0 aliphatic carbocycles. The van der Waals surface area contributed by atoms with E-state index in [0.717, 1.165) is 29.8 Å². The summed E-state index contributed by atoms with van der Waals surface area (Å²) in [5.74, 6) is -0.918. The third kappa shape index (κ3) is 6.32. The topological polar surface area (TPSA) is 64.6 Å². The van der Waals surface area contributed by atoms with Crippen molar-refractivity contribution in [1.82, 2.24) is 0 Å². The van der Waals surface area contributed by atoms with Crippen molar-refractivity contribution in [2.45, 2.75) is 26.1 Å². The third-order valence-corrected chi connectivity index (χ3v) is 3.50. The van der Waals surface area contributed by atoms with Crippen molar-refractivity contribution in [2.75, 3.05) is 11.9 Å². The molecule has 0 aliphatic heterocycles. The molecule has 1 atom stereocenters. The highest BCUT2D eigenvalue weighted by molar-refractivity contribution is 5.95. The third-order valence-electron chi connectivity index (χ3n) is 3.50. The van der Waals surface area contributed by atoms with Gasteiger partial charge in [0.1, 0.15) is 5.75 Å². The second-order valence-electron chi connectivity index (χ2n) is 5.80. The Kier molecular flexibility index (Phi) is 6.44. The Morgan fingerprint density at radius 1 is 1.11 bits per heavy atom. The lowest BCUT2D eigenvalue weighted by Gasteiger charge is -2.14. The fourth-order valence-corrected chi connectivity index (χ4v) is 2.12. The number of benzene rings is 2. The van der Waals surface area contributed by atoms with Crippen molar-refractivity contribution in [3.63, 3.8) is 0 Å². The highest BCUT2D eigenvalue weighted by atomic mass is 19.4. The molecule has 0 saturated carbocycles. The summed E-state index contributed by atoms with van der Waals surface area (Å²) >= 11 is 0. The molecule has 0 aliphatic rings. The number of rotatable bonds is 6. The molecular formula is C19H18F3NO4. The number of esters is 1. The van der Waals surface area contributed by atoms with Crippen LogP contribution >= 0.6 is 0 Å². The quantitative estimate of drug-likeness (QED) is 0.770. The highest BCUT2D eigenvalue weighted by Crippen LogP contribution is 2.29. The first-order valence-electron chi connectivity index (χ1n) is 8.02. The van der Waals surface area contributed by atoms with Crippen LogP contribution in [-0.4, -0.2) is 24.6 Å². The van der Waals surface area contributed by atoms with Crippen LogP contribution in [0.3, 0.4) is 0 Å². The van der Waals surface area contributed by atoms with Crippen molar-refractivity contribution in [3.05, 3.63) is 59.7 Å². The molecule has 2 aromatic carbocycles. The Labute approximate surface area is 154 Å². The maximum Gasteiger partial charge on any atom is 0.416 e. The molecule has 2 aromatic rings. The number of hydrogen-bond donors (Lipinski definition) is 1. The molecule has 0 bridgehead atoms. The lowest BCUT2D eigenvalue weighted by atomic mass is 10.2. The zero-order chi connectivity index (χ0) is 20.0. The van der Waals surface area contributed by atoms with Gasteiger partial charge in [-0.05, 0) is 55.8 Å². The molecular weight excluding hydrogens is 363 g/mol. The number of carbonyl (C=O) groups excluding carboxylic acids is 2. The number of amides is 1. The van der Waals surface area contributed by atoms with Crippen LogP contribution in [0.4, 0.5) is 18.9 Å². The number of aryl methyl sites for hydroxylation is 1. The summed E-state index contributed by atoms with van der Waals surface area (Å²) in [5.41, 5.74) is 0.297. The number of halogens is 3. The van der Waals surface area contributed by atoms with E-state index in [9.17, 15) is 22.8 Å². The molecule has 2 rings (SSSR count). The van der Waals surface area contributed by atoms with Crippen LogP contribution in [0.15, 0.2) is 48.5 Å². The average molecular weight is 381 g/mol. The predicted octanol–water partition coefficient (Wildman–Crippen LogP) is 3.96. The number of alkyl halides is 3. The molecule has 27 heavy (non-hydrogen) atoms. The second-order valence-corrected chi connectivity index (χ2v) is 5.80. The summed E-state index contributed by atoms with van der Waals surface area (Å²) in [6.07, 6.45) is -5.59. The Balaban J connectivity index is 1.83. The fourth-order valence-electron chi connectivity index (χ4n) is 2.12. The van der Waals surface area contributed by atoms with E-state index in [1.54, 1.807) is 18.2 Å². The van der Waals surface area contributed by atoms with E-state index in [4.69, 9.17) is 9.47 Å². The Morgan fingerprint density at radius 2 is 1.78 bits per heavy atom. The van der Waals surface area contributed by atoms with E-state index in [1.807, 2.05) is 13.0 Å². The molecule has 1 N–H and O–H groups in total. The van der Waals surface area contributed by atoms with E-state index >= 15 is 0 Å². The normalized spacial score (nSPS) is 12.2. The van der Waals surface area contributed by atoms with Gasteiger partial charge in [0.15, 0.2) is 12.7 Å². The van der Waals surface area contributed by atoms with Gasteiger partial charge in [0.25, 0.3) is 5.91 Å². The van der Waals surface area contributed by atoms with E-state index in [1.165, 1.54) is 6.92 Å². The minimum absolute atomic E-state index is 0.159. The summed E-state index contributed by atoms with van der Waals surface area (Å²) in [6, 6.07) is 11.0. The maximum absolute atomic E-state index is 12.5. The molecule has 0 fully saturated rings. The Hall–Kier alpha value is -3.03. The van der Waals surface area contributed by atoms with Crippen LogP contribution in [0.25, 0.3) is 0 Å². The van der Waals surface area contributed by atoms with Gasteiger partial charge in [0, 0.05) is 5.69 Å².